The molecule has 1 heterocycles. The monoisotopic (exact) mass is 555 g/mol. The van der Waals surface area contributed by atoms with Gasteiger partial charge in [0, 0.05) is 24.4 Å². The van der Waals surface area contributed by atoms with Gasteiger partial charge in [0.05, 0.1) is 0 Å². The van der Waals surface area contributed by atoms with E-state index < -0.39 is 0 Å². The van der Waals surface area contributed by atoms with E-state index in [2.05, 4.69) is 42.3 Å². The molecule has 1 spiro atoms. The minimum absolute atomic E-state index is 0.320. The van der Waals surface area contributed by atoms with Crippen LogP contribution in [-0.2, 0) is 5.41 Å². The molecule has 0 aromatic heterocycles. The van der Waals surface area contributed by atoms with Crippen LogP contribution in [0, 0.1) is 5.92 Å². The maximum Gasteiger partial charge on any atom is 0.0199 e. The Kier molecular flexibility index (Phi) is 2.22. The molecule has 1 aliphatic heterocycles. The van der Waals surface area contributed by atoms with E-state index in [1.807, 2.05) is 27.6 Å². The highest BCUT2D eigenvalue weighted by Crippen LogP contribution is 2.76. The fourth-order valence-corrected chi connectivity index (χ4v) is 15.7. The van der Waals surface area contributed by atoms with Gasteiger partial charge in [0.1, 0.15) is 0 Å². The fraction of sp³-hybridized carbons (Fsp3) is 0.302. The Balaban J connectivity index is 1.37. The molecule has 17 rings (SSSR count). The van der Waals surface area contributed by atoms with Gasteiger partial charge in [0.2, 0.25) is 0 Å². The third-order valence-electron chi connectivity index (χ3n) is 16.2. The first kappa shape index (κ1) is 19.4. The van der Waals surface area contributed by atoms with Crippen LogP contribution in [0.4, 0.5) is 0 Å². The van der Waals surface area contributed by atoms with Crippen LogP contribution in [0.15, 0.2) is 24.3 Å². The summed E-state index contributed by atoms with van der Waals surface area (Å²) < 4.78 is 0. The maximum atomic E-state index is 2.75. The van der Waals surface area contributed by atoms with Gasteiger partial charge in [-0.2, -0.15) is 0 Å². The van der Waals surface area contributed by atoms with Crippen molar-refractivity contribution in [2.24, 2.45) is 5.92 Å². The fourth-order valence-electron chi connectivity index (χ4n) is 15.7. The van der Waals surface area contributed by atoms with Gasteiger partial charge in [-0.05, 0) is 192 Å². The van der Waals surface area contributed by atoms with Crippen molar-refractivity contribution in [1.29, 1.82) is 0 Å². The van der Waals surface area contributed by atoms with Gasteiger partial charge in [-0.15, -0.1) is 0 Å². The molecule has 6 aliphatic carbocycles. The molecular weight excluding hydrogens is 530 g/mol. The maximum absolute atomic E-state index is 2.75. The number of likely N-dealkylation sites (N-methyl/N-ethyl adjacent to an activating group) is 1. The molecule has 0 amide bonds. The summed E-state index contributed by atoms with van der Waals surface area (Å²) >= 11 is 0. The minimum atomic E-state index is 0.320. The molecular formula is C43H25N. The third-order valence-corrected chi connectivity index (χ3v) is 16.2. The summed E-state index contributed by atoms with van der Waals surface area (Å²) in [6, 6.07) is 10.2. The van der Waals surface area contributed by atoms with Crippen molar-refractivity contribution < 1.29 is 0 Å². The van der Waals surface area contributed by atoms with Crippen LogP contribution in [0.3, 0.4) is 0 Å². The summed E-state index contributed by atoms with van der Waals surface area (Å²) in [5.74, 6) is 3.49. The van der Waals surface area contributed by atoms with Gasteiger partial charge in [-0.1, -0.05) is 30.3 Å². The molecule has 0 saturated carbocycles. The summed E-state index contributed by atoms with van der Waals surface area (Å²) in [6.45, 7) is 2.56. The number of benzene rings is 7. The Hall–Kier alpha value is -3.94. The van der Waals surface area contributed by atoms with E-state index in [1.54, 1.807) is 97.1 Å². The Bertz CT molecular complexity index is 3210. The van der Waals surface area contributed by atoms with Crippen LogP contribution in [0.25, 0.3) is 103 Å². The summed E-state index contributed by atoms with van der Waals surface area (Å²) in [6.07, 6.45) is 8.12. The predicted octanol–water partition coefficient (Wildman–Crippen LogP) is 9.32. The molecule has 10 aromatic rings. The number of hydrogen-bond acceptors (Lipinski definition) is 1. The summed E-state index contributed by atoms with van der Waals surface area (Å²) in [7, 11) is 2.44. The van der Waals surface area contributed by atoms with Gasteiger partial charge in [-0.3, -0.25) is 0 Å². The molecule has 10 aromatic carbocycles. The zero-order chi connectivity index (χ0) is 27.2. The molecule has 6 atom stereocenters. The van der Waals surface area contributed by atoms with Crippen molar-refractivity contribution >= 4 is 103 Å². The van der Waals surface area contributed by atoms with Crippen molar-refractivity contribution in [3.05, 3.63) is 62.9 Å². The minimum Gasteiger partial charge on any atom is -0.305 e. The van der Waals surface area contributed by atoms with Crippen LogP contribution in [0.2, 0.25) is 0 Å². The summed E-state index contributed by atoms with van der Waals surface area (Å²) in [5.41, 5.74) is 11.3. The Morgan fingerprint density at radius 3 is 2.27 bits per heavy atom. The molecule has 0 N–H and O–H groups in total. The number of likely N-dealkylation sites (tertiary alicyclic amines) is 1. The van der Waals surface area contributed by atoms with Crippen LogP contribution in [0.5, 0.6) is 0 Å². The normalized spacial score (nSPS) is 32.5. The molecule has 1 nitrogen and oxygen atoms in total. The highest BCUT2D eigenvalue weighted by molar-refractivity contribution is 6.60. The lowest BCUT2D eigenvalue weighted by Gasteiger charge is -2.46. The molecule has 202 valence electrons. The summed E-state index contributed by atoms with van der Waals surface area (Å²) in [5, 5.41) is 31.7. The average molecular weight is 556 g/mol. The second-order valence-corrected chi connectivity index (χ2v) is 16.9. The number of hydrogen-bond donors (Lipinski definition) is 0. The largest absolute Gasteiger partial charge is 0.305 e. The van der Waals surface area contributed by atoms with Crippen LogP contribution in [-0.4, -0.2) is 25.0 Å². The van der Waals surface area contributed by atoms with Gasteiger partial charge < -0.3 is 4.90 Å². The molecule has 1 fully saturated rings. The second-order valence-electron chi connectivity index (χ2n) is 16.9. The lowest BCUT2D eigenvalue weighted by atomic mass is 9.56. The lowest BCUT2D eigenvalue weighted by molar-refractivity contribution is 0.228. The highest BCUT2D eigenvalue weighted by Gasteiger charge is 2.64. The number of nitrogens with zero attached hydrogens (tertiary/aromatic N) is 1. The molecule has 0 radical (unpaired) electrons. The molecule has 44 heavy (non-hydrogen) atoms. The first-order valence-electron chi connectivity index (χ1n) is 17.5. The lowest BCUT2D eigenvalue weighted by Crippen LogP contribution is -2.43. The number of rotatable bonds is 0. The zero-order valence-electron chi connectivity index (χ0n) is 24.5. The van der Waals surface area contributed by atoms with Crippen LogP contribution >= 0.6 is 0 Å². The van der Waals surface area contributed by atoms with E-state index in [4.69, 9.17) is 0 Å². The topological polar surface area (TPSA) is 3.24 Å². The molecule has 7 aliphatic rings. The van der Waals surface area contributed by atoms with Gasteiger partial charge >= 0.3 is 0 Å². The van der Waals surface area contributed by atoms with Crippen molar-refractivity contribution in [3.8, 4) is 0 Å². The van der Waals surface area contributed by atoms with E-state index in [1.165, 1.54) is 49.5 Å². The van der Waals surface area contributed by atoms with Crippen molar-refractivity contribution in [2.75, 3.05) is 20.1 Å². The zero-order valence-corrected chi connectivity index (χ0v) is 24.5. The first-order valence-corrected chi connectivity index (χ1v) is 17.5. The Morgan fingerprint density at radius 2 is 1.34 bits per heavy atom. The third kappa shape index (κ3) is 1.32. The quantitative estimate of drug-likeness (QED) is 0.169. The van der Waals surface area contributed by atoms with Crippen LogP contribution < -0.4 is 5.22 Å². The van der Waals surface area contributed by atoms with Crippen molar-refractivity contribution in [1.82, 2.24) is 4.90 Å². The van der Waals surface area contributed by atoms with E-state index in [-0.39, 0.29) is 0 Å². The summed E-state index contributed by atoms with van der Waals surface area (Å²) in [4.78, 5) is 2.75. The van der Waals surface area contributed by atoms with E-state index in [0.717, 1.165) is 17.8 Å². The Labute approximate surface area is 251 Å². The predicted molar refractivity (Wildman–Crippen MR) is 182 cm³/mol. The molecule has 5 unspecified atom stereocenters. The molecule has 1 saturated heterocycles. The van der Waals surface area contributed by atoms with E-state index in [0.29, 0.717) is 17.3 Å². The smallest absolute Gasteiger partial charge is 0.0199 e. The van der Waals surface area contributed by atoms with E-state index in [9.17, 15) is 0 Å². The van der Waals surface area contributed by atoms with Gasteiger partial charge in [0.25, 0.3) is 0 Å². The average Bonchev–Trinajstić information content (AvgIpc) is 3.87. The van der Waals surface area contributed by atoms with E-state index >= 15 is 0 Å². The SMILES string of the molecule is CN1CC2CC3c4ccc5c6ccc7c8c9c%10c%11c%12c%13c%14c(c3c3c4c5c4c6c7c9c5c%11c%14c3c54)[C@]2(C1)C%13CCC%12C%10CC=8. The first-order chi connectivity index (χ1) is 21.8. The highest BCUT2D eigenvalue weighted by atomic mass is 15.1. The number of fused-ring (bicyclic) bond motifs is 4. The Morgan fingerprint density at radius 1 is 0.614 bits per heavy atom. The standard InChI is InChI=1S/C43H25N/c1-44-11-13-10-21-20-7-6-17-16-3-2-14-15-4-5-18-19-8-9-22-31-29(19)34-26(18)25(15)32-23(14)24(16)33-27(17)28(20)35-30(21)42(43(13,22)12-44)41(31)40-38(34)36(32)37(33)39(35)40/h2-4,6-7,13,18-19,21-22H,5,8-12H2,1H3/t13?,18?,19?,21?,22?,43-/m0/s1. The van der Waals surface area contributed by atoms with Crippen LogP contribution in [0.1, 0.15) is 82.7 Å². The van der Waals surface area contributed by atoms with Gasteiger partial charge in [-0.25, -0.2) is 0 Å². The molecule has 0 bridgehead atoms. The van der Waals surface area contributed by atoms with Crippen molar-refractivity contribution in [2.45, 2.75) is 54.8 Å². The molecule has 1 heteroatoms. The van der Waals surface area contributed by atoms with Crippen molar-refractivity contribution in [3.63, 3.8) is 0 Å². The second kappa shape index (κ2) is 5.03. The van der Waals surface area contributed by atoms with Gasteiger partial charge in [0.15, 0.2) is 0 Å².